The third-order valence-electron chi connectivity index (χ3n) is 6.39. The fourth-order valence-corrected chi connectivity index (χ4v) is 4.50. The number of nitrogens with zero attached hydrogens (tertiary/aromatic N) is 2. The zero-order valence-corrected chi connectivity index (χ0v) is 19.2. The molecule has 2 aliphatic rings. The van der Waals surface area contributed by atoms with Gasteiger partial charge in [0.1, 0.15) is 0 Å². The Labute approximate surface area is 197 Å². The van der Waals surface area contributed by atoms with Gasteiger partial charge in [-0.05, 0) is 56.3 Å². The SMILES string of the molecule is CN(C[C@@H]1COCCO1)C1CCN(c2cccc(NC(=O)c3cccc(C(F)(F)F)c3)c2)CC1. The fourth-order valence-electron chi connectivity index (χ4n) is 4.50. The van der Waals surface area contributed by atoms with Gasteiger partial charge in [0.05, 0.1) is 31.5 Å². The lowest BCUT2D eigenvalue weighted by molar-refractivity contribution is -0.137. The van der Waals surface area contributed by atoms with Crippen LogP contribution in [0.2, 0.25) is 0 Å². The number of piperidine rings is 1. The van der Waals surface area contributed by atoms with E-state index in [0.29, 0.717) is 31.5 Å². The Hall–Kier alpha value is -2.62. The predicted octanol–water partition coefficient (Wildman–Crippen LogP) is 4.27. The minimum atomic E-state index is -4.49. The first-order chi connectivity index (χ1) is 16.3. The molecule has 2 aliphatic heterocycles. The summed E-state index contributed by atoms with van der Waals surface area (Å²) in [6, 6.07) is 12.3. The van der Waals surface area contributed by atoms with Crippen molar-refractivity contribution >= 4 is 17.3 Å². The Balaban J connectivity index is 1.33. The van der Waals surface area contributed by atoms with E-state index in [9.17, 15) is 18.0 Å². The van der Waals surface area contributed by atoms with Crippen molar-refractivity contribution in [3.8, 4) is 0 Å². The van der Waals surface area contributed by atoms with E-state index in [-0.39, 0.29) is 11.7 Å². The number of carbonyl (C=O) groups is 1. The highest BCUT2D eigenvalue weighted by molar-refractivity contribution is 6.04. The average Bonchev–Trinajstić information content (AvgIpc) is 2.84. The van der Waals surface area contributed by atoms with E-state index in [1.54, 1.807) is 6.07 Å². The first kappa shape index (κ1) is 24.5. The van der Waals surface area contributed by atoms with Gasteiger partial charge in [-0.2, -0.15) is 13.2 Å². The van der Waals surface area contributed by atoms with E-state index in [4.69, 9.17) is 9.47 Å². The molecule has 184 valence electrons. The smallest absolute Gasteiger partial charge is 0.376 e. The van der Waals surface area contributed by atoms with Gasteiger partial charge in [0.15, 0.2) is 0 Å². The quantitative estimate of drug-likeness (QED) is 0.674. The van der Waals surface area contributed by atoms with E-state index in [0.717, 1.165) is 50.3 Å². The molecular weight excluding hydrogens is 447 g/mol. The van der Waals surface area contributed by atoms with Crippen LogP contribution in [0, 0.1) is 0 Å². The van der Waals surface area contributed by atoms with Crippen molar-refractivity contribution in [2.45, 2.75) is 31.2 Å². The van der Waals surface area contributed by atoms with Crippen LogP contribution in [0.15, 0.2) is 48.5 Å². The minimum absolute atomic E-state index is 0.0311. The first-order valence-corrected chi connectivity index (χ1v) is 11.5. The zero-order chi connectivity index (χ0) is 24.1. The molecule has 2 saturated heterocycles. The summed E-state index contributed by atoms with van der Waals surface area (Å²) in [6.07, 6.45) is -2.36. The molecule has 1 N–H and O–H groups in total. The lowest BCUT2D eigenvalue weighted by Crippen LogP contribution is -2.47. The van der Waals surface area contributed by atoms with Crippen LogP contribution in [0.4, 0.5) is 24.5 Å². The van der Waals surface area contributed by atoms with Crippen LogP contribution in [0.3, 0.4) is 0 Å². The number of likely N-dealkylation sites (N-methyl/N-ethyl adjacent to an activating group) is 1. The van der Waals surface area contributed by atoms with Crippen molar-refractivity contribution in [1.82, 2.24) is 4.90 Å². The number of carbonyl (C=O) groups excluding carboxylic acids is 1. The summed E-state index contributed by atoms with van der Waals surface area (Å²) in [5, 5.41) is 2.72. The van der Waals surface area contributed by atoms with Gasteiger partial charge in [0.25, 0.3) is 5.91 Å². The van der Waals surface area contributed by atoms with Crippen LogP contribution < -0.4 is 10.2 Å². The number of hydrogen-bond donors (Lipinski definition) is 1. The van der Waals surface area contributed by atoms with E-state index in [1.807, 2.05) is 18.2 Å². The molecule has 0 saturated carbocycles. The van der Waals surface area contributed by atoms with Gasteiger partial charge in [0.2, 0.25) is 0 Å². The van der Waals surface area contributed by atoms with Crippen molar-refractivity contribution < 1.29 is 27.4 Å². The second-order valence-corrected chi connectivity index (χ2v) is 8.81. The zero-order valence-electron chi connectivity index (χ0n) is 19.2. The number of benzene rings is 2. The van der Waals surface area contributed by atoms with Crippen LogP contribution in [-0.2, 0) is 15.7 Å². The highest BCUT2D eigenvalue weighted by atomic mass is 19.4. The van der Waals surface area contributed by atoms with Gasteiger partial charge in [-0.1, -0.05) is 12.1 Å². The summed E-state index contributed by atoms with van der Waals surface area (Å²) < 4.78 is 50.1. The maximum atomic E-state index is 13.0. The Morgan fingerprint density at radius 2 is 1.88 bits per heavy atom. The lowest BCUT2D eigenvalue weighted by atomic mass is 10.0. The van der Waals surface area contributed by atoms with E-state index in [1.165, 1.54) is 12.1 Å². The summed E-state index contributed by atoms with van der Waals surface area (Å²) in [5.41, 5.74) is 0.654. The molecule has 0 spiro atoms. The standard InChI is InChI=1S/C25H30F3N3O3/c1-30(16-23-17-33-12-13-34-23)21-8-10-31(11-9-21)22-7-3-6-20(15-22)29-24(32)18-4-2-5-19(14-18)25(26,27)28/h2-7,14-15,21,23H,8-13,16-17H2,1H3,(H,29,32)/t23-/m1/s1. The largest absolute Gasteiger partial charge is 0.416 e. The van der Waals surface area contributed by atoms with Crippen LogP contribution in [-0.4, -0.2) is 69.5 Å². The van der Waals surface area contributed by atoms with Gasteiger partial charge in [0, 0.05) is 42.6 Å². The highest BCUT2D eigenvalue weighted by Crippen LogP contribution is 2.30. The second-order valence-electron chi connectivity index (χ2n) is 8.81. The molecule has 1 amide bonds. The minimum Gasteiger partial charge on any atom is -0.376 e. The molecule has 34 heavy (non-hydrogen) atoms. The second kappa shape index (κ2) is 10.8. The number of rotatable bonds is 6. The Morgan fingerprint density at radius 1 is 1.12 bits per heavy atom. The molecular formula is C25H30F3N3O3. The van der Waals surface area contributed by atoms with Gasteiger partial charge >= 0.3 is 6.18 Å². The lowest BCUT2D eigenvalue weighted by Gasteiger charge is -2.39. The summed E-state index contributed by atoms with van der Waals surface area (Å²) in [5.74, 6) is -0.572. The van der Waals surface area contributed by atoms with Crippen LogP contribution in [0.5, 0.6) is 0 Å². The molecule has 2 aromatic carbocycles. The summed E-state index contributed by atoms with van der Waals surface area (Å²) in [7, 11) is 2.13. The third-order valence-corrected chi connectivity index (χ3v) is 6.39. The number of hydrogen-bond acceptors (Lipinski definition) is 5. The predicted molar refractivity (Wildman–Crippen MR) is 124 cm³/mol. The molecule has 6 nitrogen and oxygen atoms in total. The molecule has 9 heteroatoms. The van der Waals surface area contributed by atoms with E-state index < -0.39 is 17.6 Å². The number of nitrogens with one attached hydrogen (secondary N) is 1. The van der Waals surface area contributed by atoms with E-state index in [2.05, 4.69) is 22.2 Å². The molecule has 0 aromatic heterocycles. The maximum Gasteiger partial charge on any atom is 0.416 e. The topological polar surface area (TPSA) is 54.0 Å². The monoisotopic (exact) mass is 477 g/mol. The van der Waals surface area contributed by atoms with Gasteiger partial charge < -0.3 is 24.6 Å². The molecule has 0 radical (unpaired) electrons. The molecule has 2 aromatic rings. The first-order valence-electron chi connectivity index (χ1n) is 11.5. The van der Waals surface area contributed by atoms with Crippen LogP contribution >= 0.6 is 0 Å². The van der Waals surface area contributed by atoms with Crippen molar-refractivity contribution in [3.05, 3.63) is 59.7 Å². The average molecular weight is 478 g/mol. The Bertz CT molecular complexity index is 971. The molecule has 0 unspecified atom stereocenters. The van der Waals surface area contributed by atoms with Crippen molar-refractivity contribution in [2.24, 2.45) is 0 Å². The number of anilines is 2. The van der Waals surface area contributed by atoms with Crippen LogP contribution in [0.1, 0.15) is 28.8 Å². The van der Waals surface area contributed by atoms with Gasteiger partial charge in [-0.3, -0.25) is 4.79 Å². The normalized spacial score (nSPS) is 19.9. The third kappa shape index (κ3) is 6.28. The number of alkyl halides is 3. The molecule has 1 atom stereocenters. The van der Waals surface area contributed by atoms with Crippen molar-refractivity contribution in [2.75, 3.05) is 56.7 Å². The molecule has 0 aliphatic carbocycles. The molecule has 2 fully saturated rings. The van der Waals surface area contributed by atoms with Crippen molar-refractivity contribution in [3.63, 3.8) is 0 Å². The fraction of sp³-hybridized carbons (Fsp3) is 0.480. The number of ether oxygens (including phenoxy) is 2. The van der Waals surface area contributed by atoms with Crippen LogP contribution in [0.25, 0.3) is 0 Å². The maximum absolute atomic E-state index is 13.0. The van der Waals surface area contributed by atoms with Gasteiger partial charge in [-0.15, -0.1) is 0 Å². The summed E-state index contributed by atoms with van der Waals surface area (Å²) in [6.45, 7) is 4.56. The Kier molecular flexibility index (Phi) is 7.75. The summed E-state index contributed by atoms with van der Waals surface area (Å²) >= 11 is 0. The number of amides is 1. The Morgan fingerprint density at radius 3 is 2.59 bits per heavy atom. The van der Waals surface area contributed by atoms with Crippen molar-refractivity contribution in [1.29, 1.82) is 0 Å². The highest BCUT2D eigenvalue weighted by Gasteiger charge is 2.31. The number of halogens is 3. The molecule has 4 rings (SSSR count). The molecule has 2 heterocycles. The van der Waals surface area contributed by atoms with Gasteiger partial charge in [-0.25, -0.2) is 0 Å². The summed E-state index contributed by atoms with van der Waals surface area (Å²) in [4.78, 5) is 17.2. The molecule has 0 bridgehead atoms. The van der Waals surface area contributed by atoms with E-state index >= 15 is 0 Å².